The summed E-state index contributed by atoms with van der Waals surface area (Å²) in [5.41, 5.74) is 36.3. The third kappa shape index (κ3) is 12.4. The van der Waals surface area contributed by atoms with Gasteiger partial charge in [-0.3, -0.25) is 0 Å². The minimum absolute atomic E-state index is 0.528. The van der Waals surface area contributed by atoms with Gasteiger partial charge in [-0.2, -0.15) is 0 Å². The summed E-state index contributed by atoms with van der Waals surface area (Å²) in [4.78, 5) is 4.88. The van der Waals surface area contributed by atoms with E-state index in [1.54, 1.807) is 0 Å². The summed E-state index contributed by atoms with van der Waals surface area (Å²) in [6, 6.07) is 190. The lowest BCUT2D eigenvalue weighted by atomic mass is 9.67. The zero-order valence-corrected chi connectivity index (χ0v) is 70.4. The van der Waals surface area contributed by atoms with Crippen LogP contribution in [0.2, 0.25) is 0 Å². The number of benzene rings is 22. The summed E-state index contributed by atoms with van der Waals surface area (Å²) in [6.07, 6.45) is 0. The molecule has 0 bridgehead atoms. The normalized spacial score (nSPS) is 13.4. The number of hydrogen-bond donors (Lipinski definition) is 0. The van der Waals surface area contributed by atoms with Crippen LogP contribution in [0.1, 0.15) is 44.5 Å². The van der Waals surface area contributed by atoms with Crippen molar-refractivity contribution in [3.05, 3.63) is 554 Å². The SMILES string of the molecule is c1ccc(N(c2ccc(-c3cccc4c3-c3ccccc3C4(c3ccccc3)c3ccccc3)cc2)c2cc(-c3cccc(C4(c5ccccc5)c5ccccc5-c5c(-c6ccc(N(c7ccc(-c8cccc9ccccc89)cc7)c7ccc(-c8cccc9ccccc89)cc7)cc6)cccc54)c3)ccc2-c2ccc(-c3cc4ccccc4c4ccccc34)cc2)cc1. The molecule has 2 aliphatic rings. The molecule has 0 fully saturated rings. The average molecular weight is 1630 g/mol. The summed E-state index contributed by atoms with van der Waals surface area (Å²) in [5, 5.41) is 9.92. The van der Waals surface area contributed by atoms with E-state index >= 15 is 0 Å². The predicted octanol–water partition coefficient (Wildman–Crippen LogP) is 33.6. The molecule has 0 saturated heterocycles. The molecule has 24 rings (SSSR count). The quantitative estimate of drug-likeness (QED) is 0.0839. The van der Waals surface area contributed by atoms with Crippen LogP contribution in [-0.2, 0) is 10.8 Å². The molecule has 0 heterocycles. The van der Waals surface area contributed by atoms with E-state index in [2.05, 4.69) is 519 Å². The second-order valence-electron chi connectivity index (χ2n) is 34.0. The maximum atomic E-state index is 2.49. The highest BCUT2D eigenvalue weighted by Crippen LogP contribution is 2.61. The van der Waals surface area contributed by atoms with Gasteiger partial charge in [0.2, 0.25) is 0 Å². The molecule has 22 aromatic rings. The van der Waals surface area contributed by atoms with Crippen molar-refractivity contribution in [2.45, 2.75) is 10.8 Å². The van der Waals surface area contributed by atoms with Gasteiger partial charge in [0.15, 0.2) is 0 Å². The third-order valence-corrected chi connectivity index (χ3v) is 27.2. The zero-order chi connectivity index (χ0) is 84.6. The van der Waals surface area contributed by atoms with Crippen molar-refractivity contribution in [1.82, 2.24) is 0 Å². The minimum Gasteiger partial charge on any atom is -0.311 e. The van der Waals surface area contributed by atoms with Gasteiger partial charge < -0.3 is 9.80 Å². The zero-order valence-electron chi connectivity index (χ0n) is 70.4. The lowest BCUT2D eigenvalue weighted by Gasteiger charge is -2.34. The molecule has 1 atom stereocenters. The van der Waals surface area contributed by atoms with E-state index < -0.39 is 10.8 Å². The molecule has 0 N–H and O–H groups in total. The molecule has 0 spiro atoms. The molecule has 0 amide bonds. The van der Waals surface area contributed by atoms with Crippen molar-refractivity contribution in [1.29, 1.82) is 0 Å². The first kappa shape index (κ1) is 75.2. The van der Waals surface area contributed by atoms with Crippen molar-refractivity contribution in [3.63, 3.8) is 0 Å². The molecular formula is C126H84N2. The highest BCUT2D eigenvalue weighted by Gasteiger charge is 2.49. The van der Waals surface area contributed by atoms with Crippen LogP contribution in [0.3, 0.4) is 0 Å². The fourth-order valence-electron chi connectivity index (χ4n) is 21.5. The monoisotopic (exact) mass is 1620 g/mol. The second kappa shape index (κ2) is 31.4. The Balaban J connectivity index is 0.638. The summed E-state index contributed by atoms with van der Waals surface area (Å²) in [5.74, 6) is 0. The lowest BCUT2D eigenvalue weighted by molar-refractivity contribution is 0.768. The van der Waals surface area contributed by atoms with Crippen LogP contribution in [0.15, 0.2) is 510 Å². The molecule has 0 radical (unpaired) electrons. The third-order valence-electron chi connectivity index (χ3n) is 27.2. The average Bonchev–Trinajstić information content (AvgIpc) is 1.53. The van der Waals surface area contributed by atoms with Crippen LogP contribution in [0.25, 0.3) is 143 Å². The lowest BCUT2D eigenvalue weighted by Crippen LogP contribution is -2.28. The first-order chi connectivity index (χ1) is 63.5. The van der Waals surface area contributed by atoms with Crippen LogP contribution in [0, 0.1) is 0 Å². The van der Waals surface area contributed by atoms with Gasteiger partial charge >= 0.3 is 0 Å². The molecule has 128 heavy (non-hydrogen) atoms. The van der Waals surface area contributed by atoms with E-state index in [1.165, 1.54) is 154 Å². The van der Waals surface area contributed by atoms with Crippen molar-refractivity contribution >= 4 is 77.2 Å². The van der Waals surface area contributed by atoms with Gasteiger partial charge in [-0.15, -0.1) is 0 Å². The predicted molar refractivity (Wildman–Crippen MR) is 538 cm³/mol. The van der Waals surface area contributed by atoms with Gasteiger partial charge in [-0.25, -0.2) is 0 Å². The van der Waals surface area contributed by atoms with Crippen LogP contribution in [0.5, 0.6) is 0 Å². The smallest absolute Gasteiger partial charge is 0.0714 e. The Labute approximate surface area is 746 Å². The Morgan fingerprint density at radius 1 is 0.141 bits per heavy atom. The Kier molecular flexibility index (Phi) is 18.4. The highest BCUT2D eigenvalue weighted by molar-refractivity contribution is 6.14. The molecule has 0 aromatic heterocycles. The van der Waals surface area contributed by atoms with Crippen LogP contribution in [0.4, 0.5) is 34.1 Å². The van der Waals surface area contributed by atoms with Crippen molar-refractivity contribution < 1.29 is 0 Å². The topological polar surface area (TPSA) is 6.48 Å². The number of rotatable bonds is 17. The highest BCUT2D eigenvalue weighted by atomic mass is 15.1. The molecule has 2 nitrogen and oxygen atoms in total. The number of fused-ring (bicyclic) bond motifs is 11. The summed E-state index contributed by atoms with van der Waals surface area (Å²) < 4.78 is 0. The van der Waals surface area contributed by atoms with Crippen LogP contribution in [-0.4, -0.2) is 0 Å². The molecule has 0 saturated carbocycles. The first-order valence-electron chi connectivity index (χ1n) is 44.4. The van der Waals surface area contributed by atoms with E-state index in [9.17, 15) is 0 Å². The molecule has 1 unspecified atom stereocenters. The van der Waals surface area contributed by atoms with E-state index in [-0.39, 0.29) is 0 Å². The Hall–Kier alpha value is -16.5. The number of anilines is 6. The van der Waals surface area contributed by atoms with Gasteiger partial charge in [-0.05, 0) is 261 Å². The van der Waals surface area contributed by atoms with Crippen molar-refractivity contribution in [3.8, 4) is 100 Å². The van der Waals surface area contributed by atoms with Crippen molar-refractivity contribution in [2.24, 2.45) is 0 Å². The molecule has 0 aliphatic heterocycles. The van der Waals surface area contributed by atoms with Gasteiger partial charge in [0.25, 0.3) is 0 Å². The number of para-hydroxylation sites is 1. The van der Waals surface area contributed by atoms with E-state index in [1.807, 2.05) is 0 Å². The first-order valence-corrected chi connectivity index (χ1v) is 44.4. The standard InChI is InChI=1S/C126H84N2/c1-5-36-96(37-6-1)125(97-38-7-2-8-39-97)118-56-23-21-50-115(118)123-111(54-28-58-120(123)125)91-70-79-104(80-71-91)128(100-43-11-4-12-44-100)122-84-94(72-81-110(122)89-60-62-92(63-61-89)117-83-95-32-15-18-47-109(95)113-48-19-20-49-114(113)117)93-35-25-42-99(82-93)126(98-40-9-3-10-41-98)119-57-24-22-51-116(119)124-112(55-29-59-121(124)126)90-68-77-103(78-69-90)127(101-73-64-87(65-74-101)107-52-26-33-85-30-13-16-45-105(85)107)102-75-66-88(67-76-102)108-53-27-34-86-31-14-17-46-106(86)108/h1-84H. The largest absolute Gasteiger partial charge is 0.311 e. The van der Waals surface area contributed by atoms with Gasteiger partial charge in [0, 0.05) is 34.0 Å². The Bertz CT molecular complexity index is 7830. The van der Waals surface area contributed by atoms with Gasteiger partial charge in [0.05, 0.1) is 16.5 Å². The minimum atomic E-state index is -0.726. The maximum Gasteiger partial charge on any atom is 0.0714 e. The van der Waals surface area contributed by atoms with Gasteiger partial charge in [0.1, 0.15) is 0 Å². The number of nitrogens with zero attached hydrogens (tertiary/aromatic N) is 2. The fraction of sp³-hybridized carbons (Fsp3) is 0.0159. The van der Waals surface area contributed by atoms with Crippen LogP contribution >= 0.6 is 0 Å². The van der Waals surface area contributed by atoms with Gasteiger partial charge in [-0.1, -0.05) is 431 Å². The van der Waals surface area contributed by atoms with E-state index in [0.29, 0.717) is 0 Å². The molecular weight excluding hydrogens is 1540 g/mol. The van der Waals surface area contributed by atoms with Crippen LogP contribution < -0.4 is 9.80 Å². The van der Waals surface area contributed by atoms with E-state index in [0.717, 1.165) is 67.5 Å². The van der Waals surface area contributed by atoms with E-state index in [4.69, 9.17) is 0 Å². The molecule has 2 aliphatic carbocycles. The molecule has 22 aromatic carbocycles. The summed E-state index contributed by atoms with van der Waals surface area (Å²) >= 11 is 0. The Morgan fingerprint density at radius 2 is 0.445 bits per heavy atom. The molecule has 598 valence electrons. The second-order valence-corrected chi connectivity index (χ2v) is 34.0. The molecule has 2 heteroatoms. The summed E-state index contributed by atoms with van der Waals surface area (Å²) in [6.45, 7) is 0. The van der Waals surface area contributed by atoms with Crippen molar-refractivity contribution in [2.75, 3.05) is 9.80 Å². The fourth-order valence-corrected chi connectivity index (χ4v) is 21.5. The Morgan fingerprint density at radius 3 is 0.945 bits per heavy atom. The number of hydrogen-bond acceptors (Lipinski definition) is 2. The summed E-state index contributed by atoms with van der Waals surface area (Å²) in [7, 11) is 0. The maximum absolute atomic E-state index is 2.49.